The summed E-state index contributed by atoms with van der Waals surface area (Å²) in [6.07, 6.45) is 4.42. The van der Waals surface area contributed by atoms with Crippen LogP contribution in [-0.4, -0.2) is 5.11 Å². The monoisotopic (exact) mass is 346 g/mol. The van der Waals surface area contributed by atoms with Crippen molar-refractivity contribution in [1.29, 1.82) is 0 Å². The van der Waals surface area contributed by atoms with Crippen molar-refractivity contribution < 1.29 is 9.84 Å². The summed E-state index contributed by atoms with van der Waals surface area (Å²) in [6.45, 7) is 1.76. The molecule has 1 N–H and O–H groups in total. The lowest BCUT2D eigenvalue weighted by Gasteiger charge is -2.17. The van der Waals surface area contributed by atoms with Gasteiger partial charge in [-0.3, -0.25) is 0 Å². The first-order chi connectivity index (χ1) is 10.1. The highest BCUT2D eigenvalue weighted by Gasteiger charge is 2.11. The lowest BCUT2D eigenvalue weighted by Crippen LogP contribution is -2.02. The Morgan fingerprint density at radius 1 is 1.05 bits per heavy atom. The van der Waals surface area contributed by atoms with Gasteiger partial charge in [-0.15, -0.1) is 0 Å². The van der Waals surface area contributed by atoms with Gasteiger partial charge < -0.3 is 9.84 Å². The van der Waals surface area contributed by atoms with Crippen LogP contribution in [0.5, 0.6) is 11.5 Å². The van der Waals surface area contributed by atoms with E-state index >= 15 is 0 Å². The third kappa shape index (κ3) is 3.30. The molecule has 0 aliphatic heterocycles. The number of ether oxygens (including phenoxy) is 1. The maximum absolute atomic E-state index is 9.60. The molecule has 0 radical (unpaired) electrons. The van der Waals surface area contributed by atoms with E-state index in [0.717, 1.165) is 28.0 Å². The van der Waals surface area contributed by atoms with E-state index in [0.29, 0.717) is 0 Å². The molecule has 3 rings (SSSR count). The second-order valence-corrected chi connectivity index (χ2v) is 6.46. The van der Waals surface area contributed by atoms with Crippen LogP contribution in [0.2, 0.25) is 0 Å². The molecule has 0 aromatic heterocycles. The van der Waals surface area contributed by atoms with E-state index in [9.17, 15) is 5.11 Å². The van der Waals surface area contributed by atoms with E-state index in [1.807, 2.05) is 24.3 Å². The predicted octanol–water partition coefficient (Wildman–Crippen LogP) is 5.17. The molecule has 0 fully saturated rings. The molecule has 110 valence electrons. The van der Waals surface area contributed by atoms with Gasteiger partial charge in [0.2, 0.25) is 0 Å². The molecule has 2 aromatic rings. The number of aliphatic hydroxyl groups excluding tert-OH is 1. The number of benzene rings is 2. The van der Waals surface area contributed by atoms with Crippen LogP contribution < -0.4 is 4.74 Å². The molecule has 2 nitrogen and oxygen atoms in total. The Balaban J connectivity index is 1.83. The van der Waals surface area contributed by atoms with Gasteiger partial charge in [0.05, 0.1) is 10.6 Å². The van der Waals surface area contributed by atoms with Gasteiger partial charge in [-0.1, -0.05) is 12.1 Å². The topological polar surface area (TPSA) is 29.5 Å². The quantitative estimate of drug-likeness (QED) is 0.830. The minimum Gasteiger partial charge on any atom is -0.456 e. The summed E-state index contributed by atoms with van der Waals surface area (Å²) < 4.78 is 6.84. The number of rotatable bonds is 3. The summed E-state index contributed by atoms with van der Waals surface area (Å²) in [5.74, 6) is 1.65. The number of halogens is 1. The van der Waals surface area contributed by atoms with Crippen LogP contribution in [0.3, 0.4) is 0 Å². The summed E-state index contributed by atoms with van der Waals surface area (Å²) in [4.78, 5) is 0. The molecule has 0 amide bonds. The molecular weight excluding hydrogens is 328 g/mol. The summed E-state index contributed by atoms with van der Waals surface area (Å²) in [7, 11) is 0. The minimum absolute atomic E-state index is 0.473. The number of fused-ring (bicyclic) bond motifs is 1. The van der Waals surface area contributed by atoms with Gasteiger partial charge in [0.25, 0.3) is 0 Å². The standard InChI is InChI=1S/C18H19BrO2/c1-12(20)14-7-9-18(17(19)11-14)21-16-8-6-13-4-2-3-5-15(13)10-16/h6-12,20H,2-5H2,1H3/t12-/m0/s1. The normalized spacial score (nSPS) is 15.4. The lowest BCUT2D eigenvalue weighted by molar-refractivity contribution is 0.199. The van der Waals surface area contributed by atoms with Gasteiger partial charge in [0.15, 0.2) is 0 Å². The van der Waals surface area contributed by atoms with Crippen LogP contribution in [0.4, 0.5) is 0 Å². The van der Waals surface area contributed by atoms with Crippen LogP contribution >= 0.6 is 15.9 Å². The van der Waals surface area contributed by atoms with Crippen molar-refractivity contribution in [3.8, 4) is 11.5 Å². The van der Waals surface area contributed by atoms with Gasteiger partial charge >= 0.3 is 0 Å². The first kappa shape index (κ1) is 14.6. The van der Waals surface area contributed by atoms with Crippen molar-refractivity contribution in [2.45, 2.75) is 38.7 Å². The van der Waals surface area contributed by atoms with E-state index in [1.165, 1.54) is 30.4 Å². The molecule has 0 heterocycles. The summed E-state index contributed by atoms with van der Waals surface area (Å²) in [5.41, 5.74) is 3.74. The van der Waals surface area contributed by atoms with Crippen LogP contribution in [-0.2, 0) is 12.8 Å². The second kappa shape index (κ2) is 6.20. The summed E-state index contributed by atoms with van der Waals surface area (Å²) in [6, 6.07) is 12.1. The SMILES string of the molecule is C[C@H](O)c1ccc(Oc2ccc3c(c2)CCCC3)c(Br)c1. The van der Waals surface area contributed by atoms with E-state index in [1.54, 1.807) is 6.92 Å². The highest BCUT2D eigenvalue weighted by molar-refractivity contribution is 9.10. The Bertz CT molecular complexity index is 650. The Hall–Kier alpha value is -1.32. The van der Waals surface area contributed by atoms with Gasteiger partial charge in [-0.05, 0) is 89.5 Å². The van der Waals surface area contributed by atoms with Crippen LogP contribution in [0, 0.1) is 0 Å². The number of hydrogen-bond donors (Lipinski definition) is 1. The zero-order valence-corrected chi connectivity index (χ0v) is 13.7. The third-order valence-corrected chi connectivity index (χ3v) is 4.61. The molecule has 1 aliphatic carbocycles. The fourth-order valence-electron chi connectivity index (χ4n) is 2.76. The molecule has 0 saturated carbocycles. The summed E-state index contributed by atoms with van der Waals surface area (Å²) >= 11 is 3.51. The van der Waals surface area contributed by atoms with E-state index in [4.69, 9.17) is 4.74 Å². The number of aryl methyl sites for hydroxylation is 2. The fraction of sp³-hybridized carbons (Fsp3) is 0.333. The smallest absolute Gasteiger partial charge is 0.141 e. The Morgan fingerprint density at radius 2 is 1.81 bits per heavy atom. The minimum atomic E-state index is -0.473. The molecule has 0 unspecified atom stereocenters. The Labute approximate surface area is 133 Å². The molecule has 21 heavy (non-hydrogen) atoms. The zero-order valence-electron chi connectivity index (χ0n) is 12.1. The second-order valence-electron chi connectivity index (χ2n) is 5.61. The highest BCUT2D eigenvalue weighted by atomic mass is 79.9. The van der Waals surface area contributed by atoms with Crippen molar-refractivity contribution in [2.24, 2.45) is 0 Å². The number of hydrogen-bond acceptors (Lipinski definition) is 2. The first-order valence-electron chi connectivity index (χ1n) is 7.40. The molecule has 1 atom stereocenters. The summed E-state index contributed by atoms with van der Waals surface area (Å²) in [5, 5.41) is 9.60. The van der Waals surface area contributed by atoms with Gasteiger partial charge in [0.1, 0.15) is 11.5 Å². The van der Waals surface area contributed by atoms with Crippen molar-refractivity contribution in [2.75, 3.05) is 0 Å². The maximum Gasteiger partial charge on any atom is 0.141 e. The van der Waals surface area contributed by atoms with Gasteiger partial charge in [-0.2, -0.15) is 0 Å². The third-order valence-electron chi connectivity index (χ3n) is 3.99. The number of aliphatic hydroxyl groups is 1. The first-order valence-corrected chi connectivity index (χ1v) is 8.20. The van der Waals surface area contributed by atoms with E-state index < -0.39 is 6.10 Å². The fourth-order valence-corrected chi connectivity index (χ4v) is 3.24. The molecular formula is C18H19BrO2. The molecule has 0 saturated heterocycles. The Morgan fingerprint density at radius 3 is 2.52 bits per heavy atom. The zero-order chi connectivity index (χ0) is 14.8. The molecule has 0 spiro atoms. The van der Waals surface area contributed by atoms with E-state index in [-0.39, 0.29) is 0 Å². The average Bonchev–Trinajstić information content (AvgIpc) is 2.49. The van der Waals surface area contributed by atoms with E-state index in [2.05, 4.69) is 28.1 Å². The molecule has 2 aromatic carbocycles. The van der Waals surface area contributed by atoms with Crippen molar-refractivity contribution in [1.82, 2.24) is 0 Å². The lowest BCUT2D eigenvalue weighted by atomic mass is 9.92. The van der Waals surface area contributed by atoms with Crippen LogP contribution in [0.1, 0.15) is 42.6 Å². The van der Waals surface area contributed by atoms with Crippen molar-refractivity contribution >= 4 is 15.9 Å². The van der Waals surface area contributed by atoms with Gasteiger partial charge in [0, 0.05) is 0 Å². The molecule has 3 heteroatoms. The van der Waals surface area contributed by atoms with Crippen molar-refractivity contribution in [3.63, 3.8) is 0 Å². The highest BCUT2D eigenvalue weighted by Crippen LogP contribution is 2.33. The van der Waals surface area contributed by atoms with Gasteiger partial charge in [-0.25, -0.2) is 0 Å². The maximum atomic E-state index is 9.60. The Kier molecular flexibility index (Phi) is 4.32. The predicted molar refractivity (Wildman–Crippen MR) is 87.9 cm³/mol. The molecule has 0 bridgehead atoms. The largest absolute Gasteiger partial charge is 0.456 e. The molecule has 1 aliphatic rings. The van der Waals surface area contributed by atoms with Crippen LogP contribution in [0.25, 0.3) is 0 Å². The van der Waals surface area contributed by atoms with Crippen LogP contribution in [0.15, 0.2) is 40.9 Å². The average molecular weight is 347 g/mol. The van der Waals surface area contributed by atoms with Crippen molar-refractivity contribution in [3.05, 3.63) is 57.6 Å².